The quantitative estimate of drug-likeness (QED) is 0.641. The van der Waals surface area contributed by atoms with Crippen LogP contribution in [0.25, 0.3) is 0 Å². The lowest BCUT2D eigenvalue weighted by molar-refractivity contribution is 0.500. The van der Waals surface area contributed by atoms with E-state index in [-0.39, 0.29) is 0 Å². The van der Waals surface area contributed by atoms with Crippen molar-refractivity contribution >= 4 is 11.6 Å². The van der Waals surface area contributed by atoms with E-state index in [9.17, 15) is 0 Å². The van der Waals surface area contributed by atoms with Crippen molar-refractivity contribution in [3.05, 3.63) is 35.5 Å². The normalized spacial score (nSPS) is 14.3. The summed E-state index contributed by atoms with van der Waals surface area (Å²) in [6.45, 7) is 4.59. The van der Waals surface area contributed by atoms with E-state index < -0.39 is 0 Å². The molecule has 0 bridgehead atoms. The highest BCUT2D eigenvalue weighted by atomic mass is 16.3. The van der Waals surface area contributed by atoms with Crippen molar-refractivity contribution in [3.8, 4) is 0 Å². The van der Waals surface area contributed by atoms with Gasteiger partial charge in [0.15, 0.2) is 0 Å². The molecule has 0 unspecified atom stereocenters. The minimum atomic E-state index is 0.527. The predicted molar refractivity (Wildman–Crippen MR) is 77.2 cm³/mol. The summed E-state index contributed by atoms with van der Waals surface area (Å²) in [5.74, 6) is 8.80. The number of nitrogens with zero attached hydrogens (tertiary/aromatic N) is 3. The Morgan fingerprint density at radius 1 is 1.40 bits per heavy atom. The molecule has 6 heteroatoms. The van der Waals surface area contributed by atoms with Crippen LogP contribution in [0.3, 0.4) is 0 Å². The van der Waals surface area contributed by atoms with E-state index in [4.69, 9.17) is 10.3 Å². The van der Waals surface area contributed by atoms with Crippen LogP contribution in [0.2, 0.25) is 0 Å². The van der Waals surface area contributed by atoms with Crippen LogP contribution in [0, 0.1) is 13.8 Å². The van der Waals surface area contributed by atoms with Gasteiger partial charge in [0.2, 0.25) is 0 Å². The topological polar surface area (TPSA) is 80.2 Å². The highest BCUT2D eigenvalue weighted by Crippen LogP contribution is 2.35. The van der Waals surface area contributed by atoms with E-state index in [1.807, 2.05) is 26.0 Å². The summed E-state index contributed by atoms with van der Waals surface area (Å²) in [5.41, 5.74) is 3.62. The van der Waals surface area contributed by atoms with Gasteiger partial charge in [-0.2, -0.15) is 0 Å². The van der Waals surface area contributed by atoms with Crippen LogP contribution < -0.4 is 16.2 Å². The third-order valence-electron chi connectivity index (χ3n) is 3.53. The molecule has 0 spiro atoms. The van der Waals surface area contributed by atoms with Gasteiger partial charge in [0.25, 0.3) is 0 Å². The molecular formula is C14H19N5O. The van der Waals surface area contributed by atoms with E-state index in [0.717, 1.165) is 23.7 Å². The minimum absolute atomic E-state index is 0.527. The third-order valence-corrected chi connectivity index (χ3v) is 3.53. The molecule has 0 saturated heterocycles. The number of aromatic nitrogens is 2. The van der Waals surface area contributed by atoms with Crippen molar-refractivity contribution in [3.63, 3.8) is 0 Å². The van der Waals surface area contributed by atoms with Crippen LogP contribution in [0.5, 0.6) is 0 Å². The molecule has 2 aromatic rings. The number of hydrogen-bond donors (Lipinski definition) is 2. The number of hydrogen-bond acceptors (Lipinski definition) is 6. The molecule has 0 aromatic carbocycles. The van der Waals surface area contributed by atoms with E-state index in [0.29, 0.717) is 17.7 Å². The first-order valence-corrected chi connectivity index (χ1v) is 6.80. The minimum Gasteiger partial charge on any atom is -0.467 e. The second-order valence-corrected chi connectivity index (χ2v) is 5.15. The van der Waals surface area contributed by atoms with Gasteiger partial charge < -0.3 is 14.7 Å². The molecule has 2 aromatic heterocycles. The highest BCUT2D eigenvalue weighted by molar-refractivity contribution is 5.59. The van der Waals surface area contributed by atoms with Gasteiger partial charge in [-0.25, -0.2) is 15.8 Å². The Balaban J connectivity index is 1.97. The van der Waals surface area contributed by atoms with Crippen molar-refractivity contribution in [1.29, 1.82) is 0 Å². The van der Waals surface area contributed by atoms with E-state index in [2.05, 4.69) is 20.3 Å². The average molecular weight is 273 g/mol. The number of hydrazine groups is 1. The van der Waals surface area contributed by atoms with Crippen LogP contribution in [-0.4, -0.2) is 16.0 Å². The maximum Gasteiger partial charge on any atom is 0.148 e. The molecular weight excluding hydrogens is 254 g/mol. The fourth-order valence-electron chi connectivity index (χ4n) is 2.37. The van der Waals surface area contributed by atoms with Gasteiger partial charge in [-0.3, -0.25) is 0 Å². The molecule has 0 atom stereocenters. The third kappa shape index (κ3) is 2.46. The lowest BCUT2D eigenvalue weighted by atomic mass is 10.2. The molecule has 3 N–H and O–H groups in total. The maximum atomic E-state index is 5.54. The molecule has 0 aliphatic heterocycles. The summed E-state index contributed by atoms with van der Waals surface area (Å²) >= 11 is 0. The zero-order valence-electron chi connectivity index (χ0n) is 11.8. The second kappa shape index (κ2) is 5.13. The zero-order chi connectivity index (χ0) is 14.1. The SMILES string of the molecule is Cc1nc(NN)c(C)c(N(Cc2ccco2)C2CC2)n1. The zero-order valence-corrected chi connectivity index (χ0v) is 11.8. The molecule has 6 nitrogen and oxygen atoms in total. The van der Waals surface area contributed by atoms with Gasteiger partial charge in [0.1, 0.15) is 23.2 Å². The first kappa shape index (κ1) is 12.9. The monoisotopic (exact) mass is 273 g/mol. The Bertz CT molecular complexity index is 592. The van der Waals surface area contributed by atoms with Crippen molar-refractivity contribution in [2.45, 2.75) is 39.3 Å². The van der Waals surface area contributed by atoms with E-state index >= 15 is 0 Å². The van der Waals surface area contributed by atoms with Gasteiger partial charge in [-0.1, -0.05) is 0 Å². The van der Waals surface area contributed by atoms with Gasteiger partial charge >= 0.3 is 0 Å². The lowest BCUT2D eigenvalue weighted by Crippen LogP contribution is -2.28. The fourth-order valence-corrected chi connectivity index (χ4v) is 2.37. The molecule has 0 amide bonds. The summed E-state index contributed by atoms with van der Waals surface area (Å²) in [7, 11) is 0. The average Bonchev–Trinajstić information content (AvgIpc) is 3.15. The molecule has 106 valence electrons. The number of aryl methyl sites for hydroxylation is 1. The van der Waals surface area contributed by atoms with Gasteiger partial charge in [-0.15, -0.1) is 0 Å². The predicted octanol–water partition coefficient (Wildman–Crippen LogP) is 2.14. The number of nitrogens with two attached hydrogens (primary N) is 1. The number of anilines is 2. The maximum absolute atomic E-state index is 5.54. The van der Waals surface area contributed by atoms with Crippen molar-refractivity contribution < 1.29 is 4.42 Å². The van der Waals surface area contributed by atoms with Crippen molar-refractivity contribution in [2.75, 3.05) is 10.3 Å². The smallest absolute Gasteiger partial charge is 0.148 e. The summed E-state index contributed by atoms with van der Waals surface area (Å²) in [6, 6.07) is 4.42. The Morgan fingerprint density at radius 3 is 2.80 bits per heavy atom. The van der Waals surface area contributed by atoms with E-state index in [1.165, 1.54) is 12.8 Å². The first-order valence-electron chi connectivity index (χ1n) is 6.80. The summed E-state index contributed by atoms with van der Waals surface area (Å²) in [6.07, 6.45) is 4.08. The lowest BCUT2D eigenvalue weighted by Gasteiger charge is -2.25. The number of nitrogens with one attached hydrogen (secondary N) is 1. The molecule has 1 fully saturated rings. The van der Waals surface area contributed by atoms with E-state index in [1.54, 1.807) is 6.26 Å². The standard InChI is InChI=1S/C14H19N5O/c1-9-13(18-15)16-10(2)17-14(9)19(11-5-6-11)8-12-4-3-7-20-12/h3-4,7,11H,5-6,8,15H2,1-2H3,(H,16,17,18). The van der Waals surface area contributed by atoms with Crippen molar-refractivity contribution in [2.24, 2.45) is 5.84 Å². The van der Waals surface area contributed by atoms with Crippen LogP contribution >= 0.6 is 0 Å². The Kier molecular flexibility index (Phi) is 3.31. The molecule has 0 radical (unpaired) electrons. The first-order chi connectivity index (χ1) is 9.69. The number of nitrogen functional groups attached to an aromatic ring is 1. The molecule has 2 heterocycles. The van der Waals surface area contributed by atoms with Crippen molar-refractivity contribution in [1.82, 2.24) is 9.97 Å². The Hall–Kier alpha value is -2.08. The van der Waals surface area contributed by atoms with Gasteiger partial charge in [-0.05, 0) is 38.8 Å². The van der Waals surface area contributed by atoms with Crippen LogP contribution in [0.1, 0.15) is 30.0 Å². The number of rotatable bonds is 5. The van der Waals surface area contributed by atoms with Crippen LogP contribution in [0.15, 0.2) is 22.8 Å². The van der Waals surface area contributed by atoms with Gasteiger partial charge in [0.05, 0.1) is 12.8 Å². The summed E-state index contributed by atoms with van der Waals surface area (Å²) in [5, 5.41) is 0. The Morgan fingerprint density at radius 2 is 2.20 bits per heavy atom. The molecule has 3 rings (SSSR count). The largest absolute Gasteiger partial charge is 0.467 e. The highest BCUT2D eigenvalue weighted by Gasteiger charge is 2.32. The second-order valence-electron chi connectivity index (χ2n) is 5.15. The number of furan rings is 1. The Labute approximate surface area is 118 Å². The molecule has 1 aliphatic rings. The molecule has 1 saturated carbocycles. The summed E-state index contributed by atoms with van der Waals surface area (Å²) < 4.78 is 5.46. The molecule has 1 aliphatic carbocycles. The van der Waals surface area contributed by atoms with Crippen LogP contribution in [0.4, 0.5) is 11.6 Å². The van der Waals surface area contributed by atoms with Gasteiger partial charge in [0, 0.05) is 11.6 Å². The summed E-state index contributed by atoms with van der Waals surface area (Å²) in [4.78, 5) is 11.2. The van der Waals surface area contributed by atoms with Crippen LogP contribution in [-0.2, 0) is 6.54 Å². The fraction of sp³-hybridized carbons (Fsp3) is 0.429. The molecule has 20 heavy (non-hydrogen) atoms.